The molecule has 0 aliphatic rings. The topological polar surface area (TPSA) is 0 Å². The van der Waals surface area contributed by atoms with Crippen molar-refractivity contribution in [2.24, 2.45) is 0 Å². The van der Waals surface area contributed by atoms with Crippen LogP contribution in [-0.4, -0.2) is 16.1 Å². The summed E-state index contributed by atoms with van der Waals surface area (Å²) in [7, 11) is -1.74. The molecule has 0 bridgehead atoms. The molecule has 0 atom stereocenters. The molecule has 0 radical (unpaired) electrons. The summed E-state index contributed by atoms with van der Waals surface area (Å²) in [6, 6.07) is 2.73. The minimum atomic E-state index is -0.901. The van der Waals surface area contributed by atoms with Gasteiger partial charge in [-0.1, -0.05) is 50.9 Å². The van der Waals surface area contributed by atoms with Crippen molar-refractivity contribution in [3.8, 4) is 0 Å². The molecule has 0 saturated carbocycles. The van der Waals surface area contributed by atoms with E-state index in [2.05, 4.69) is 45.9 Å². The van der Waals surface area contributed by atoms with Crippen LogP contribution in [0.25, 0.3) is 0 Å². The van der Waals surface area contributed by atoms with Crippen LogP contribution in [0.4, 0.5) is 0 Å². The van der Waals surface area contributed by atoms with E-state index in [1.54, 1.807) is 0 Å². The number of rotatable bonds is 5. The van der Waals surface area contributed by atoms with Crippen molar-refractivity contribution in [2.45, 2.75) is 57.8 Å². The van der Waals surface area contributed by atoms with Gasteiger partial charge in [0.05, 0.1) is 0 Å². The maximum Gasteiger partial charge on any atom is 0.0483 e. The van der Waals surface area contributed by atoms with Gasteiger partial charge in [-0.2, -0.15) is 0 Å². The van der Waals surface area contributed by atoms with Crippen molar-refractivity contribution >= 4 is 16.1 Å². The molecule has 0 aromatic carbocycles. The molecule has 0 aromatic heterocycles. The molecule has 13 heavy (non-hydrogen) atoms. The van der Waals surface area contributed by atoms with Gasteiger partial charge in [0.15, 0.2) is 0 Å². The Bertz CT molecular complexity index is 170. The Balaban J connectivity index is 3.78. The van der Waals surface area contributed by atoms with Crippen LogP contribution in [0.3, 0.4) is 0 Å². The lowest BCUT2D eigenvalue weighted by atomic mass is 10.3. The molecule has 2 heteroatoms. The highest BCUT2D eigenvalue weighted by Gasteiger charge is 2.17. The normalized spacial score (nSPS) is 13.1. The Kier molecular flexibility index (Phi) is 4.66. The largest absolute Gasteiger partial charge is 0.100 e. The average molecular weight is 215 g/mol. The number of allylic oxidation sites excluding steroid dienone is 1. The fourth-order valence-electron chi connectivity index (χ4n) is 1.39. The molecule has 0 heterocycles. The lowest BCUT2D eigenvalue weighted by Crippen LogP contribution is -2.22. The first-order valence-electron chi connectivity index (χ1n) is 5.27. The third kappa shape index (κ3) is 10.1. The summed E-state index contributed by atoms with van der Waals surface area (Å²) in [4.78, 5) is 0. The lowest BCUT2D eigenvalue weighted by molar-refractivity contribution is 1.05. The first-order chi connectivity index (χ1) is 5.60. The molecule has 0 rings (SSSR count). The molecule has 78 valence electrons. The second kappa shape index (κ2) is 4.60. The second-order valence-corrected chi connectivity index (χ2v) is 17.6. The third-order valence-electron chi connectivity index (χ3n) is 2.01. The Hall–Kier alpha value is 0.174. The first-order valence-corrected chi connectivity index (χ1v) is 12.7. The molecule has 0 spiro atoms. The van der Waals surface area contributed by atoms with Gasteiger partial charge >= 0.3 is 0 Å². The van der Waals surface area contributed by atoms with E-state index in [9.17, 15) is 0 Å². The van der Waals surface area contributed by atoms with Gasteiger partial charge in [0, 0.05) is 16.1 Å². The van der Waals surface area contributed by atoms with E-state index in [1.165, 1.54) is 24.1 Å². The maximum absolute atomic E-state index is 4.20. The molecule has 0 aliphatic carbocycles. The molecular formula is C11H26Si2. The second-order valence-electron chi connectivity index (χ2n) is 6.55. The van der Waals surface area contributed by atoms with Gasteiger partial charge in [0.2, 0.25) is 0 Å². The molecule has 0 fully saturated rings. The average Bonchev–Trinajstić information content (AvgIpc) is 1.78. The maximum atomic E-state index is 4.20. The fourth-order valence-corrected chi connectivity index (χ4v) is 4.17. The Morgan fingerprint density at radius 1 is 0.923 bits per heavy atom. The predicted octanol–water partition coefficient (Wildman–Crippen LogP) is 4.61. The summed E-state index contributed by atoms with van der Waals surface area (Å²) in [6.45, 7) is 18.8. The van der Waals surface area contributed by atoms with Gasteiger partial charge in [-0.15, -0.1) is 6.58 Å². The van der Waals surface area contributed by atoms with E-state index in [1.807, 2.05) is 0 Å². The molecule has 0 aliphatic heterocycles. The minimum absolute atomic E-state index is 0.841. The van der Waals surface area contributed by atoms with E-state index in [0.717, 1.165) is 0 Å². The highest BCUT2D eigenvalue weighted by atomic mass is 28.3. The monoisotopic (exact) mass is 214 g/mol. The Morgan fingerprint density at radius 3 is 1.69 bits per heavy atom. The van der Waals surface area contributed by atoms with E-state index in [4.69, 9.17) is 0 Å². The van der Waals surface area contributed by atoms with E-state index >= 15 is 0 Å². The van der Waals surface area contributed by atoms with Gasteiger partial charge in [-0.25, -0.2) is 0 Å². The van der Waals surface area contributed by atoms with Crippen LogP contribution in [0.1, 0.15) is 6.42 Å². The van der Waals surface area contributed by atoms with Crippen LogP contribution in [0.2, 0.25) is 51.4 Å². The van der Waals surface area contributed by atoms with Gasteiger partial charge in [-0.05, 0) is 12.5 Å². The van der Waals surface area contributed by atoms with E-state index in [-0.39, 0.29) is 0 Å². The van der Waals surface area contributed by atoms with E-state index < -0.39 is 16.1 Å². The van der Waals surface area contributed by atoms with Crippen molar-refractivity contribution in [1.29, 1.82) is 0 Å². The summed E-state index contributed by atoms with van der Waals surface area (Å²) in [5.41, 5.74) is 1.50. The van der Waals surface area contributed by atoms with Crippen LogP contribution >= 0.6 is 0 Å². The van der Waals surface area contributed by atoms with Crippen molar-refractivity contribution in [3.05, 3.63) is 12.2 Å². The summed E-state index contributed by atoms with van der Waals surface area (Å²) < 4.78 is 0. The first kappa shape index (κ1) is 13.2. The zero-order valence-corrected chi connectivity index (χ0v) is 12.3. The summed E-state index contributed by atoms with van der Waals surface area (Å²) in [5, 5.41) is 0. The smallest absolute Gasteiger partial charge is 0.0483 e. The van der Waals surface area contributed by atoms with Crippen molar-refractivity contribution in [3.63, 3.8) is 0 Å². The highest BCUT2D eigenvalue weighted by molar-refractivity contribution is 6.77. The van der Waals surface area contributed by atoms with Gasteiger partial charge in [0.25, 0.3) is 0 Å². The van der Waals surface area contributed by atoms with Crippen LogP contribution in [-0.2, 0) is 0 Å². The van der Waals surface area contributed by atoms with Crippen LogP contribution < -0.4 is 0 Å². The quantitative estimate of drug-likeness (QED) is 0.463. The molecule has 0 N–H and O–H groups in total. The van der Waals surface area contributed by atoms with Crippen LogP contribution in [0, 0.1) is 0 Å². The molecule has 0 amide bonds. The summed E-state index contributed by atoms with van der Waals surface area (Å²) >= 11 is 0. The Morgan fingerprint density at radius 2 is 1.38 bits per heavy atom. The van der Waals surface area contributed by atoms with Crippen LogP contribution in [0.15, 0.2) is 12.2 Å². The predicted molar refractivity (Wildman–Crippen MR) is 70.1 cm³/mol. The zero-order valence-electron chi connectivity index (χ0n) is 10.3. The number of hydrogen-bond donors (Lipinski definition) is 0. The van der Waals surface area contributed by atoms with Gasteiger partial charge < -0.3 is 0 Å². The minimum Gasteiger partial charge on any atom is -0.100 e. The van der Waals surface area contributed by atoms with Crippen molar-refractivity contribution in [2.75, 3.05) is 0 Å². The van der Waals surface area contributed by atoms with Crippen LogP contribution in [0.5, 0.6) is 0 Å². The molecular weight excluding hydrogens is 188 g/mol. The van der Waals surface area contributed by atoms with Gasteiger partial charge in [-0.3, -0.25) is 0 Å². The fraction of sp³-hybridized carbons (Fsp3) is 0.818. The Labute approximate surface area is 86.5 Å². The summed E-state index contributed by atoms with van der Waals surface area (Å²) in [5.74, 6) is 0. The molecule has 0 saturated heterocycles. The summed E-state index contributed by atoms with van der Waals surface area (Å²) in [6.07, 6.45) is 1.28. The molecule has 0 aromatic rings. The lowest BCUT2D eigenvalue weighted by Gasteiger charge is -2.20. The highest BCUT2D eigenvalue weighted by Crippen LogP contribution is 2.22. The van der Waals surface area contributed by atoms with Gasteiger partial charge in [0.1, 0.15) is 0 Å². The van der Waals surface area contributed by atoms with Crippen molar-refractivity contribution in [1.82, 2.24) is 0 Å². The zero-order chi connectivity index (χ0) is 10.7. The van der Waals surface area contributed by atoms with E-state index in [0.29, 0.717) is 0 Å². The SMILES string of the molecule is C=C(CC[Si](C)(C)C)C[Si](C)(C)C. The van der Waals surface area contributed by atoms with Crippen molar-refractivity contribution < 1.29 is 0 Å². The number of hydrogen-bond acceptors (Lipinski definition) is 0. The molecule has 0 nitrogen and oxygen atoms in total. The molecule has 0 unspecified atom stereocenters. The standard InChI is InChI=1S/C11H26Si2/c1-11(10-13(5,6)7)8-9-12(2,3)4/h1,8-10H2,2-7H3. The third-order valence-corrected chi connectivity index (χ3v) is 5.32.